The maximum Gasteiger partial charge on any atom is 0.315 e. The molecular weight excluding hydrogens is 612 g/mol. The molecule has 0 aromatic carbocycles. The van der Waals surface area contributed by atoms with Crippen LogP contribution >= 0.6 is 0 Å². The number of rotatable bonds is 14. The number of allylic oxidation sites excluding steroid dienone is 1. The average molecular weight is 681 g/mol. The molecule has 0 radical (unpaired) electrons. The molecule has 7 rings (SSSR count). The Bertz CT molecular complexity index is 1230. The van der Waals surface area contributed by atoms with E-state index in [4.69, 9.17) is 4.74 Å². The van der Waals surface area contributed by atoms with E-state index in [0.717, 1.165) is 83.6 Å². The zero-order valence-electron chi connectivity index (χ0n) is 31.5. The molecule has 6 fully saturated rings. The number of carboxylic acid groups (broad SMARTS) is 1. The Balaban J connectivity index is 1.09. The Hall–Kier alpha value is -1.32. The van der Waals surface area contributed by atoms with E-state index in [-0.39, 0.29) is 30.0 Å². The molecule has 2 heterocycles. The highest BCUT2D eigenvalue weighted by Gasteiger charge is 2.86. The van der Waals surface area contributed by atoms with E-state index in [1.165, 1.54) is 51.4 Å². The van der Waals surface area contributed by atoms with E-state index in [0.29, 0.717) is 30.1 Å². The Morgan fingerprint density at radius 3 is 2.41 bits per heavy atom. The van der Waals surface area contributed by atoms with E-state index >= 15 is 0 Å². The maximum atomic E-state index is 14.2. The van der Waals surface area contributed by atoms with Crippen LogP contribution in [-0.4, -0.2) is 117 Å². The first kappa shape index (κ1) is 36.1. The van der Waals surface area contributed by atoms with Crippen LogP contribution in [0.5, 0.6) is 0 Å². The molecule has 4 bridgehead atoms. The van der Waals surface area contributed by atoms with Crippen LogP contribution in [-0.2, 0) is 14.3 Å². The first-order chi connectivity index (χ1) is 23.6. The summed E-state index contributed by atoms with van der Waals surface area (Å²) >= 11 is 0. The third-order valence-corrected chi connectivity index (χ3v) is 15.6. The molecule has 5 aliphatic carbocycles. The lowest BCUT2D eigenvalue weighted by molar-refractivity contribution is -0.197. The number of nitrogens with one attached hydrogen (secondary N) is 1. The molecule has 8 heteroatoms. The predicted octanol–water partition coefficient (Wildman–Crippen LogP) is 5.42. The smallest absolute Gasteiger partial charge is 0.315 e. The molecule has 2 N–H and O–H groups in total. The van der Waals surface area contributed by atoms with Crippen molar-refractivity contribution >= 4 is 12.3 Å². The largest absolute Gasteiger partial charge is 0.481 e. The average Bonchev–Trinajstić information content (AvgIpc) is 3.81. The number of aliphatic carboxylic acids is 1. The third kappa shape index (κ3) is 5.72. The Labute approximate surface area is 297 Å². The van der Waals surface area contributed by atoms with Crippen LogP contribution in [0.1, 0.15) is 91.4 Å². The number of carboxylic acids is 1. The van der Waals surface area contributed by atoms with Gasteiger partial charge < -0.3 is 29.8 Å². The van der Waals surface area contributed by atoms with E-state index in [2.05, 4.69) is 61.0 Å². The normalized spacial score (nSPS) is 42.7. The third-order valence-electron chi connectivity index (χ3n) is 15.6. The van der Waals surface area contributed by atoms with Gasteiger partial charge in [-0.3, -0.25) is 9.69 Å². The number of hydrogen-bond acceptors (Lipinski definition) is 7. The van der Waals surface area contributed by atoms with Crippen LogP contribution in [0.3, 0.4) is 0 Å². The highest BCUT2D eigenvalue weighted by atomic mass is 16.5. The van der Waals surface area contributed by atoms with E-state index in [1.54, 1.807) is 0 Å². The van der Waals surface area contributed by atoms with Gasteiger partial charge in [0.05, 0.1) is 17.6 Å². The number of piperazine rings is 1. The number of hydrogen-bond donors (Lipinski definition) is 2. The van der Waals surface area contributed by atoms with Gasteiger partial charge in [-0.2, -0.15) is 0 Å². The summed E-state index contributed by atoms with van der Waals surface area (Å²) in [5.41, 5.74) is -1.46. The van der Waals surface area contributed by atoms with Gasteiger partial charge in [0.2, 0.25) is 0 Å². The van der Waals surface area contributed by atoms with Crippen molar-refractivity contribution in [3.63, 3.8) is 0 Å². The topological polar surface area (TPSA) is 85.4 Å². The fraction of sp³-hybridized carbons (Fsp3) is 0.902. The summed E-state index contributed by atoms with van der Waals surface area (Å²) in [5, 5.41) is 15.5. The summed E-state index contributed by atoms with van der Waals surface area (Å²) in [5.74, 6) is 1.68. The second-order valence-electron chi connectivity index (χ2n) is 18.4. The number of aldehydes is 1. The van der Waals surface area contributed by atoms with Crippen molar-refractivity contribution in [1.82, 2.24) is 20.0 Å². The van der Waals surface area contributed by atoms with Gasteiger partial charge >= 0.3 is 5.97 Å². The quantitative estimate of drug-likeness (QED) is 0.143. The molecule has 276 valence electrons. The summed E-state index contributed by atoms with van der Waals surface area (Å²) in [4.78, 5) is 35.3. The van der Waals surface area contributed by atoms with Gasteiger partial charge in [-0.05, 0) is 101 Å². The van der Waals surface area contributed by atoms with E-state index in [1.807, 2.05) is 0 Å². The van der Waals surface area contributed by atoms with Gasteiger partial charge in [0.25, 0.3) is 0 Å². The highest BCUT2D eigenvalue weighted by molar-refractivity contribution is 5.90. The number of carbonyl (C=O) groups is 2. The van der Waals surface area contributed by atoms with Crippen molar-refractivity contribution < 1.29 is 19.4 Å². The summed E-state index contributed by atoms with van der Waals surface area (Å²) < 4.78 is 7.41. The van der Waals surface area contributed by atoms with Crippen molar-refractivity contribution in [3.05, 3.63) is 11.6 Å². The van der Waals surface area contributed by atoms with E-state index < -0.39 is 22.2 Å². The highest BCUT2D eigenvalue weighted by Crippen LogP contribution is 2.84. The number of ether oxygens (including phenoxy) is 1. The Morgan fingerprint density at radius 1 is 1.04 bits per heavy atom. The lowest BCUT2D eigenvalue weighted by atomic mass is 9.41. The van der Waals surface area contributed by atoms with Gasteiger partial charge in [0.1, 0.15) is 11.7 Å². The predicted molar refractivity (Wildman–Crippen MR) is 194 cm³/mol. The molecule has 0 aromatic rings. The fourth-order valence-corrected chi connectivity index (χ4v) is 13.5. The first-order valence-electron chi connectivity index (χ1n) is 20.5. The van der Waals surface area contributed by atoms with E-state index in [9.17, 15) is 14.7 Å². The standard InChI is InChI=1S/C41H68N4O4/c1-28(2)35-22-31-24-39(27-46)34-13-12-29(3)33(34)25-40(31,41(35,39)38(47)48)37-23-32(30-10-7-6-8-11-30)36(49-37)26-42-14-17-45-20-18-44(19-21-45)16-9-15-43(4)5/h22,27-34,36-37,42H,6-21,23-26H2,1-5H3,(H,47,48)/t29-,31?,32+,33-,34-,36+,37-,39?,40?,41+/m1/s1. The van der Waals surface area contributed by atoms with Gasteiger partial charge in [0, 0.05) is 51.2 Å². The van der Waals surface area contributed by atoms with Crippen LogP contribution < -0.4 is 5.32 Å². The zero-order valence-corrected chi connectivity index (χ0v) is 31.5. The first-order valence-corrected chi connectivity index (χ1v) is 20.5. The van der Waals surface area contributed by atoms with Crippen molar-refractivity contribution in [2.45, 2.75) is 104 Å². The summed E-state index contributed by atoms with van der Waals surface area (Å²) in [6.45, 7) is 16.5. The number of nitrogens with zero attached hydrogens (tertiary/aromatic N) is 3. The van der Waals surface area contributed by atoms with Crippen molar-refractivity contribution in [2.24, 2.45) is 57.7 Å². The molecule has 0 spiro atoms. The van der Waals surface area contributed by atoms with Crippen LogP contribution in [0.2, 0.25) is 0 Å². The monoisotopic (exact) mass is 681 g/mol. The molecule has 3 unspecified atom stereocenters. The summed E-state index contributed by atoms with van der Waals surface area (Å²) in [6.07, 6.45) is 15.9. The summed E-state index contributed by atoms with van der Waals surface area (Å²) in [7, 11) is 4.31. The maximum absolute atomic E-state index is 14.2. The Morgan fingerprint density at radius 2 is 1.76 bits per heavy atom. The molecule has 10 atom stereocenters. The lowest BCUT2D eigenvalue weighted by Gasteiger charge is -2.60. The van der Waals surface area contributed by atoms with Crippen molar-refractivity contribution in [2.75, 3.05) is 73.0 Å². The number of carbonyl (C=O) groups excluding carboxylic acids is 1. The second kappa shape index (κ2) is 14.2. The van der Waals surface area contributed by atoms with Crippen LogP contribution in [0.4, 0.5) is 0 Å². The molecular formula is C41H68N4O4. The van der Waals surface area contributed by atoms with Gasteiger partial charge in [-0.1, -0.05) is 70.9 Å². The second-order valence-corrected chi connectivity index (χ2v) is 18.4. The molecule has 0 amide bonds. The van der Waals surface area contributed by atoms with Crippen molar-refractivity contribution in [3.8, 4) is 0 Å². The van der Waals surface area contributed by atoms with Crippen LogP contribution in [0.25, 0.3) is 0 Å². The van der Waals surface area contributed by atoms with Gasteiger partial charge in [-0.25, -0.2) is 0 Å². The minimum atomic E-state index is -1.15. The molecule has 2 aliphatic heterocycles. The molecule has 2 saturated heterocycles. The molecule has 8 nitrogen and oxygen atoms in total. The Kier molecular flexibility index (Phi) is 10.5. The van der Waals surface area contributed by atoms with Gasteiger partial charge in [0.15, 0.2) is 0 Å². The SMILES string of the molecule is CC(C)C1=CC2CC3(C=O)[C@@H]4CC[C@@H](C)[C@H]4CC2([C@H]2C[C@@H](C4CCCCC4)[C@H](CNCCN4CCN(CCCN(C)C)CC4)O2)[C@]13C(=O)O. The van der Waals surface area contributed by atoms with Crippen LogP contribution in [0, 0.1) is 57.7 Å². The lowest BCUT2D eigenvalue weighted by Crippen LogP contribution is -2.65. The molecule has 4 saturated carbocycles. The zero-order chi connectivity index (χ0) is 34.6. The minimum absolute atomic E-state index is 0.100. The van der Waals surface area contributed by atoms with Crippen molar-refractivity contribution in [1.29, 1.82) is 0 Å². The molecule has 49 heavy (non-hydrogen) atoms. The molecule has 7 aliphatic rings. The van der Waals surface area contributed by atoms with Gasteiger partial charge in [-0.15, -0.1) is 0 Å². The summed E-state index contributed by atoms with van der Waals surface area (Å²) in [6, 6.07) is 0. The van der Waals surface area contributed by atoms with Crippen LogP contribution in [0.15, 0.2) is 11.6 Å². The number of fused-ring (bicyclic) bond motifs is 2. The molecule has 0 aromatic heterocycles. The minimum Gasteiger partial charge on any atom is -0.481 e. The fourth-order valence-electron chi connectivity index (χ4n) is 13.5.